The number of amides is 1. The summed E-state index contributed by atoms with van der Waals surface area (Å²) >= 11 is 0. The van der Waals surface area contributed by atoms with E-state index in [0.717, 1.165) is 8.61 Å². The minimum atomic E-state index is -4.19. The average molecular weight is 404 g/mol. The molecule has 2 aliphatic heterocycles. The van der Waals surface area contributed by atoms with E-state index in [2.05, 4.69) is 10.3 Å². The number of nitrogens with one attached hydrogen (secondary N) is 1. The summed E-state index contributed by atoms with van der Waals surface area (Å²) in [5.74, 6) is -3.42. The minimum Gasteiger partial charge on any atom is -0.474 e. The van der Waals surface area contributed by atoms with Gasteiger partial charge < -0.3 is 10.1 Å². The highest BCUT2D eigenvalue weighted by Gasteiger charge is 2.46. The maximum absolute atomic E-state index is 13.5. The van der Waals surface area contributed by atoms with Gasteiger partial charge in [0.05, 0.1) is 18.7 Å². The molecule has 1 amide bonds. The lowest BCUT2D eigenvalue weighted by Gasteiger charge is -2.32. The Balaban J connectivity index is 1.93. The molecule has 0 saturated carbocycles. The van der Waals surface area contributed by atoms with E-state index in [9.17, 15) is 22.0 Å². The first-order valence-electron chi connectivity index (χ1n) is 8.50. The van der Waals surface area contributed by atoms with Crippen molar-refractivity contribution in [3.63, 3.8) is 0 Å². The van der Waals surface area contributed by atoms with Gasteiger partial charge in [-0.2, -0.15) is 12.7 Å². The number of halogens is 2. The predicted molar refractivity (Wildman–Crippen MR) is 94.4 cm³/mol. The zero-order chi connectivity index (χ0) is 20.0. The molecule has 1 saturated heterocycles. The number of aromatic nitrogens is 1. The molecule has 27 heavy (non-hydrogen) atoms. The largest absolute Gasteiger partial charge is 0.474 e. The first-order chi connectivity index (χ1) is 12.4. The number of carbonyl (C=O) groups excluding carboxylic acids is 1. The van der Waals surface area contributed by atoms with Crippen LogP contribution < -0.4 is 14.4 Å². The van der Waals surface area contributed by atoms with Gasteiger partial charge in [-0.15, -0.1) is 0 Å². The molecule has 150 valence electrons. The van der Waals surface area contributed by atoms with Crippen molar-refractivity contribution in [2.75, 3.05) is 30.5 Å². The summed E-state index contributed by atoms with van der Waals surface area (Å²) in [4.78, 5) is 16.4. The van der Waals surface area contributed by atoms with Gasteiger partial charge in [-0.05, 0) is 26.8 Å². The predicted octanol–water partition coefficient (Wildman–Crippen LogP) is 1.39. The van der Waals surface area contributed by atoms with Crippen LogP contribution in [0.1, 0.15) is 37.6 Å². The molecule has 3 rings (SSSR count). The molecule has 8 nitrogen and oxygen atoms in total. The normalized spacial score (nSPS) is 20.1. The Bertz CT molecular complexity index is 854. The van der Waals surface area contributed by atoms with E-state index in [-0.39, 0.29) is 36.8 Å². The van der Waals surface area contributed by atoms with Gasteiger partial charge in [0.2, 0.25) is 5.88 Å². The summed E-state index contributed by atoms with van der Waals surface area (Å²) in [6.07, 6.45) is 0.774. The maximum Gasteiger partial charge on any atom is 0.304 e. The summed E-state index contributed by atoms with van der Waals surface area (Å²) in [7, 11) is -4.19. The van der Waals surface area contributed by atoms with Crippen molar-refractivity contribution in [3.8, 4) is 5.88 Å². The molecule has 0 aromatic carbocycles. The second-order valence-electron chi connectivity index (χ2n) is 7.62. The fourth-order valence-corrected chi connectivity index (χ4v) is 4.53. The lowest BCUT2D eigenvalue weighted by molar-refractivity contribution is 0.0183. The Labute approximate surface area is 156 Å². The molecule has 3 heterocycles. The zero-order valence-corrected chi connectivity index (χ0v) is 16.1. The minimum absolute atomic E-state index is 0.0387. The third-order valence-corrected chi connectivity index (χ3v) is 6.02. The number of ether oxygens (including phenoxy) is 1. The van der Waals surface area contributed by atoms with Crippen molar-refractivity contribution in [1.29, 1.82) is 0 Å². The summed E-state index contributed by atoms with van der Waals surface area (Å²) in [5.41, 5.74) is -0.268. The summed E-state index contributed by atoms with van der Waals surface area (Å²) in [6, 6.07) is 1.36. The molecule has 1 aromatic heterocycles. The molecule has 1 fully saturated rings. The maximum atomic E-state index is 13.5. The highest BCUT2D eigenvalue weighted by Crippen LogP contribution is 2.36. The molecule has 1 aromatic rings. The van der Waals surface area contributed by atoms with Crippen LogP contribution in [0.5, 0.6) is 5.88 Å². The highest BCUT2D eigenvalue weighted by molar-refractivity contribution is 7.90. The number of fused-ring (bicyclic) bond motifs is 1. The van der Waals surface area contributed by atoms with Crippen molar-refractivity contribution >= 4 is 21.8 Å². The fourth-order valence-electron chi connectivity index (χ4n) is 2.89. The quantitative estimate of drug-likeness (QED) is 0.822. The first kappa shape index (κ1) is 19.7. The van der Waals surface area contributed by atoms with Crippen LogP contribution in [0, 0.1) is 0 Å². The van der Waals surface area contributed by atoms with Crippen molar-refractivity contribution in [3.05, 3.63) is 17.8 Å². The van der Waals surface area contributed by atoms with Crippen LogP contribution in [0.4, 0.5) is 14.5 Å². The highest BCUT2D eigenvalue weighted by atomic mass is 32.2. The first-order valence-corrected chi connectivity index (χ1v) is 9.90. The van der Waals surface area contributed by atoms with E-state index in [1.165, 1.54) is 12.3 Å². The average Bonchev–Trinajstić information content (AvgIpc) is 2.93. The number of rotatable bonds is 3. The molecule has 2 aliphatic rings. The lowest BCUT2D eigenvalue weighted by atomic mass is 10.1. The van der Waals surface area contributed by atoms with Crippen LogP contribution in [0.25, 0.3) is 0 Å². The molecular formula is C16H22F2N4O4S. The van der Waals surface area contributed by atoms with Crippen molar-refractivity contribution in [1.82, 2.24) is 14.6 Å². The van der Waals surface area contributed by atoms with E-state index in [1.54, 1.807) is 0 Å². The lowest BCUT2D eigenvalue weighted by Crippen LogP contribution is -2.47. The van der Waals surface area contributed by atoms with Crippen LogP contribution in [-0.2, 0) is 10.2 Å². The van der Waals surface area contributed by atoms with Crippen LogP contribution >= 0.6 is 0 Å². The molecule has 0 spiro atoms. The van der Waals surface area contributed by atoms with E-state index in [4.69, 9.17) is 4.74 Å². The molecular weight excluding hydrogens is 382 g/mol. The van der Waals surface area contributed by atoms with Crippen LogP contribution in [0.15, 0.2) is 12.3 Å². The Morgan fingerprint density at radius 3 is 2.63 bits per heavy atom. The van der Waals surface area contributed by atoms with Gasteiger partial charge in [0, 0.05) is 24.7 Å². The number of carbonyl (C=O) groups is 1. The molecule has 1 N–H and O–H groups in total. The van der Waals surface area contributed by atoms with E-state index < -0.39 is 40.5 Å². The second-order valence-corrected chi connectivity index (χ2v) is 9.47. The van der Waals surface area contributed by atoms with E-state index >= 15 is 0 Å². The van der Waals surface area contributed by atoms with Gasteiger partial charge in [0.15, 0.2) is 0 Å². The van der Waals surface area contributed by atoms with Crippen molar-refractivity contribution < 1.29 is 26.7 Å². The standard InChI is InChI=1S/C16H22F2N4O4S/c1-15(2,3)20-13(23)11-8-12-14(19-9-11)26-7-6-22(12)27(24,25)21-5-4-16(17,18)10-21/h8-9H,4-7,10H2,1-3H3,(H,20,23). The third kappa shape index (κ3) is 4.13. The SMILES string of the molecule is CC(C)(C)NC(=O)c1cnc2c(c1)N(S(=O)(=O)N1CCC(F)(F)C1)CCO2. The number of nitrogens with zero attached hydrogens (tertiary/aromatic N) is 3. The smallest absolute Gasteiger partial charge is 0.304 e. The van der Waals surface area contributed by atoms with Gasteiger partial charge in [0.1, 0.15) is 12.3 Å². The molecule has 11 heteroatoms. The molecule has 0 aliphatic carbocycles. The van der Waals surface area contributed by atoms with Crippen LogP contribution in [0.2, 0.25) is 0 Å². The zero-order valence-electron chi connectivity index (χ0n) is 15.3. The van der Waals surface area contributed by atoms with Crippen LogP contribution in [-0.4, -0.2) is 61.3 Å². The third-order valence-electron chi connectivity index (χ3n) is 4.12. The van der Waals surface area contributed by atoms with Gasteiger partial charge in [-0.1, -0.05) is 0 Å². The number of hydrogen-bond acceptors (Lipinski definition) is 5. The van der Waals surface area contributed by atoms with E-state index in [0.29, 0.717) is 0 Å². The number of pyridine rings is 1. The Hall–Kier alpha value is -2.01. The monoisotopic (exact) mass is 404 g/mol. The Morgan fingerprint density at radius 2 is 2.04 bits per heavy atom. The summed E-state index contributed by atoms with van der Waals surface area (Å²) in [5, 5.41) is 2.76. The number of anilines is 1. The molecule has 0 unspecified atom stereocenters. The number of hydrogen-bond donors (Lipinski definition) is 1. The summed E-state index contributed by atoms with van der Waals surface area (Å²) < 4.78 is 59.9. The van der Waals surface area contributed by atoms with Gasteiger partial charge >= 0.3 is 10.2 Å². The number of alkyl halides is 2. The summed E-state index contributed by atoms with van der Waals surface area (Å²) in [6.45, 7) is 4.29. The van der Waals surface area contributed by atoms with Gasteiger partial charge in [-0.25, -0.2) is 18.1 Å². The topological polar surface area (TPSA) is 91.8 Å². The van der Waals surface area contributed by atoms with Crippen molar-refractivity contribution in [2.45, 2.75) is 38.7 Å². The molecule has 0 radical (unpaired) electrons. The fraction of sp³-hybridized carbons (Fsp3) is 0.625. The second kappa shape index (κ2) is 6.55. The molecule has 0 bridgehead atoms. The molecule has 0 atom stereocenters. The van der Waals surface area contributed by atoms with Gasteiger partial charge in [0.25, 0.3) is 11.8 Å². The van der Waals surface area contributed by atoms with Crippen molar-refractivity contribution in [2.24, 2.45) is 0 Å². The Kier molecular flexibility index (Phi) is 4.79. The van der Waals surface area contributed by atoms with Crippen LogP contribution in [0.3, 0.4) is 0 Å². The van der Waals surface area contributed by atoms with E-state index in [1.807, 2.05) is 20.8 Å². The van der Waals surface area contributed by atoms with Gasteiger partial charge in [-0.3, -0.25) is 4.79 Å². The Morgan fingerprint density at radius 1 is 1.33 bits per heavy atom.